The zero-order chi connectivity index (χ0) is 19.2. The van der Waals surface area contributed by atoms with Gasteiger partial charge in [-0.3, -0.25) is 14.4 Å². The van der Waals surface area contributed by atoms with Crippen molar-refractivity contribution < 1.29 is 13.9 Å². The highest BCUT2D eigenvalue weighted by Gasteiger charge is 2.13. The van der Waals surface area contributed by atoms with E-state index in [0.717, 1.165) is 32.8 Å². The Bertz CT molecular complexity index is 876. The molecule has 1 aromatic heterocycles. The molecule has 1 amide bonds. The van der Waals surface area contributed by atoms with Crippen molar-refractivity contribution in [2.24, 2.45) is 7.05 Å². The average molecular weight is 370 g/mol. The van der Waals surface area contributed by atoms with Crippen molar-refractivity contribution in [1.29, 1.82) is 0 Å². The van der Waals surface area contributed by atoms with Gasteiger partial charge in [0.15, 0.2) is 5.69 Å². The van der Waals surface area contributed by atoms with Crippen LogP contribution in [0, 0.1) is 24.6 Å². The van der Waals surface area contributed by atoms with E-state index in [0.29, 0.717) is 29.1 Å². The number of amides is 1. The molecule has 0 saturated carbocycles. The predicted molar refractivity (Wildman–Crippen MR) is 99.9 cm³/mol. The molecular weight excluding hydrogens is 347 g/mol. The van der Waals surface area contributed by atoms with Crippen molar-refractivity contribution >= 4 is 5.91 Å². The Morgan fingerprint density at radius 2 is 2.07 bits per heavy atom. The lowest BCUT2D eigenvalue weighted by Crippen LogP contribution is -2.41. The fourth-order valence-electron chi connectivity index (χ4n) is 2.80. The van der Waals surface area contributed by atoms with Crippen LogP contribution in [0.3, 0.4) is 0 Å². The highest BCUT2D eigenvalue weighted by atomic mass is 19.1. The third-order valence-corrected chi connectivity index (χ3v) is 4.42. The van der Waals surface area contributed by atoms with E-state index in [1.165, 1.54) is 6.07 Å². The van der Waals surface area contributed by atoms with E-state index in [2.05, 4.69) is 27.2 Å². The van der Waals surface area contributed by atoms with Gasteiger partial charge in [0.05, 0.1) is 13.2 Å². The summed E-state index contributed by atoms with van der Waals surface area (Å²) in [6.45, 7) is 6.31. The van der Waals surface area contributed by atoms with Gasteiger partial charge in [0.1, 0.15) is 11.5 Å². The van der Waals surface area contributed by atoms with Crippen molar-refractivity contribution in [2.45, 2.75) is 6.92 Å². The number of nitrogens with one attached hydrogen (secondary N) is 1. The molecule has 2 heterocycles. The predicted octanol–water partition coefficient (Wildman–Crippen LogP) is 1.33. The summed E-state index contributed by atoms with van der Waals surface area (Å²) in [5.74, 6) is 5.49. The Balaban J connectivity index is 1.59. The molecule has 1 saturated heterocycles. The number of aromatic nitrogens is 2. The van der Waals surface area contributed by atoms with Gasteiger partial charge in [-0.05, 0) is 36.6 Å². The summed E-state index contributed by atoms with van der Waals surface area (Å²) >= 11 is 0. The fraction of sp³-hybridized carbons (Fsp3) is 0.400. The first kappa shape index (κ1) is 19.1. The topological polar surface area (TPSA) is 59.4 Å². The molecule has 1 fully saturated rings. The molecule has 0 atom stereocenters. The van der Waals surface area contributed by atoms with Gasteiger partial charge in [0.2, 0.25) is 0 Å². The molecule has 0 spiro atoms. The Kier molecular flexibility index (Phi) is 6.22. The smallest absolute Gasteiger partial charge is 0.271 e. The van der Waals surface area contributed by atoms with Crippen LogP contribution in [0.2, 0.25) is 0 Å². The van der Waals surface area contributed by atoms with E-state index >= 15 is 0 Å². The molecule has 3 rings (SSSR count). The number of benzene rings is 1. The first-order valence-corrected chi connectivity index (χ1v) is 8.93. The van der Waals surface area contributed by atoms with Crippen LogP contribution in [0.5, 0.6) is 0 Å². The van der Waals surface area contributed by atoms with Gasteiger partial charge in [-0.1, -0.05) is 5.92 Å². The van der Waals surface area contributed by atoms with Crippen LogP contribution >= 0.6 is 0 Å². The molecule has 27 heavy (non-hydrogen) atoms. The van der Waals surface area contributed by atoms with E-state index in [-0.39, 0.29) is 11.7 Å². The summed E-state index contributed by atoms with van der Waals surface area (Å²) in [6, 6.07) is 6.38. The second-order valence-corrected chi connectivity index (χ2v) is 6.46. The van der Waals surface area contributed by atoms with Crippen LogP contribution in [0.1, 0.15) is 27.3 Å². The number of rotatable bonds is 4. The largest absolute Gasteiger partial charge is 0.379 e. The lowest BCUT2D eigenvalue weighted by molar-refractivity contribution is 0.0383. The number of nitrogens with zero attached hydrogens (tertiary/aromatic N) is 3. The van der Waals surface area contributed by atoms with Crippen LogP contribution in [-0.4, -0.2) is 60.0 Å². The maximum atomic E-state index is 13.3. The van der Waals surface area contributed by atoms with Gasteiger partial charge in [0.25, 0.3) is 5.91 Å². The summed E-state index contributed by atoms with van der Waals surface area (Å²) in [7, 11) is 1.74. The Morgan fingerprint density at radius 3 is 2.81 bits per heavy atom. The molecular formula is C20H23FN4O2. The molecule has 0 bridgehead atoms. The first-order chi connectivity index (χ1) is 13.0. The molecule has 1 N–H and O–H groups in total. The Labute approximate surface area is 158 Å². The van der Waals surface area contributed by atoms with Gasteiger partial charge in [-0.15, -0.1) is 0 Å². The summed E-state index contributed by atoms with van der Waals surface area (Å²) < 4.78 is 20.2. The molecule has 0 aliphatic carbocycles. The maximum absolute atomic E-state index is 13.3. The third kappa shape index (κ3) is 5.16. The molecule has 7 heteroatoms. The lowest BCUT2D eigenvalue weighted by Gasteiger charge is -2.26. The number of halogens is 1. The van der Waals surface area contributed by atoms with Crippen LogP contribution in [0.4, 0.5) is 4.39 Å². The minimum absolute atomic E-state index is 0.218. The highest BCUT2D eigenvalue weighted by Crippen LogP contribution is 2.09. The van der Waals surface area contributed by atoms with Crippen LogP contribution in [0.15, 0.2) is 24.3 Å². The van der Waals surface area contributed by atoms with Crippen LogP contribution in [-0.2, 0) is 11.8 Å². The zero-order valence-electron chi connectivity index (χ0n) is 15.6. The minimum Gasteiger partial charge on any atom is -0.379 e. The van der Waals surface area contributed by atoms with Crippen molar-refractivity contribution in [3.05, 3.63) is 52.6 Å². The minimum atomic E-state index is -0.253. The Hall–Kier alpha value is -2.69. The lowest BCUT2D eigenvalue weighted by atomic mass is 10.1. The molecule has 0 unspecified atom stereocenters. The second kappa shape index (κ2) is 8.80. The number of ether oxygens (including phenoxy) is 1. The number of carbonyl (C=O) groups excluding carboxylic acids is 1. The summed E-state index contributed by atoms with van der Waals surface area (Å²) in [5.41, 5.74) is 2.22. The number of morpholine rings is 1. The monoisotopic (exact) mass is 370 g/mol. The fourth-order valence-corrected chi connectivity index (χ4v) is 2.80. The molecule has 1 aliphatic heterocycles. The standard InChI is InChI=1S/C20H23FN4O2/c1-15-13-16(4-6-18(15)21)3-5-17-14-19(23-24(17)2)20(26)22-7-8-25-9-11-27-12-10-25/h4,6,13-14H,7-12H2,1-2H3,(H,22,26). The zero-order valence-corrected chi connectivity index (χ0v) is 15.6. The van der Waals surface area contributed by atoms with Gasteiger partial charge in [0, 0.05) is 44.9 Å². The quantitative estimate of drug-likeness (QED) is 0.825. The second-order valence-electron chi connectivity index (χ2n) is 6.46. The van der Waals surface area contributed by atoms with E-state index < -0.39 is 0 Å². The summed E-state index contributed by atoms with van der Waals surface area (Å²) in [6.07, 6.45) is 0. The normalized spacial score (nSPS) is 14.5. The van der Waals surface area contributed by atoms with Gasteiger partial charge in [-0.25, -0.2) is 4.39 Å². The molecule has 1 aromatic carbocycles. The van der Waals surface area contributed by atoms with Gasteiger partial charge in [-0.2, -0.15) is 5.10 Å². The number of hydrogen-bond donors (Lipinski definition) is 1. The van der Waals surface area contributed by atoms with Crippen molar-refractivity contribution in [1.82, 2.24) is 20.0 Å². The summed E-state index contributed by atoms with van der Waals surface area (Å²) in [4.78, 5) is 14.5. The molecule has 6 nitrogen and oxygen atoms in total. The number of hydrogen-bond acceptors (Lipinski definition) is 4. The van der Waals surface area contributed by atoms with E-state index in [1.807, 2.05) is 0 Å². The molecule has 0 radical (unpaired) electrons. The maximum Gasteiger partial charge on any atom is 0.271 e. The van der Waals surface area contributed by atoms with Crippen molar-refractivity contribution in [2.75, 3.05) is 39.4 Å². The molecule has 2 aromatic rings. The van der Waals surface area contributed by atoms with Crippen LogP contribution in [0.25, 0.3) is 0 Å². The van der Waals surface area contributed by atoms with Crippen molar-refractivity contribution in [3.63, 3.8) is 0 Å². The SMILES string of the molecule is Cc1cc(C#Cc2cc(C(=O)NCCN3CCOCC3)nn2C)ccc1F. The van der Waals surface area contributed by atoms with Crippen LogP contribution < -0.4 is 5.32 Å². The molecule has 142 valence electrons. The van der Waals surface area contributed by atoms with Crippen molar-refractivity contribution in [3.8, 4) is 11.8 Å². The summed E-state index contributed by atoms with van der Waals surface area (Å²) in [5, 5.41) is 7.12. The third-order valence-electron chi connectivity index (χ3n) is 4.42. The Morgan fingerprint density at radius 1 is 1.30 bits per heavy atom. The van der Waals surface area contributed by atoms with E-state index in [9.17, 15) is 9.18 Å². The van der Waals surface area contributed by atoms with Gasteiger partial charge < -0.3 is 10.1 Å². The highest BCUT2D eigenvalue weighted by molar-refractivity contribution is 5.92. The van der Waals surface area contributed by atoms with Gasteiger partial charge >= 0.3 is 0 Å². The first-order valence-electron chi connectivity index (χ1n) is 8.93. The van der Waals surface area contributed by atoms with E-state index in [1.54, 1.807) is 36.9 Å². The molecule has 1 aliphatic rings. The number of carbonyl (C=O) groups is 1. The number of aryl methyl sites for hydroxylation is 2. The average Bonchev–Trinajstić information content (AvgIpc) is 3.04. The van der Waals surface area contributed by atoms with E-state index in [4.69, 9.17) is 4.74 Å².